The second-order valence-electron chi connectivity index (χ2n) is 4.85. The zero-order valence-corrected chi connectivity index (χ0v) is 10.2. The van der Waals surface area contributed by atoms with Crippen LogP contribution in [0.3, 0.4) is 0 Å². The van der Waals surface area contributed by atoms with E-state index in [1.807, 2.05) is 12.2 Å². The summed E-state index contributed by atoms with van der Waals surface area (Å²) in [6.07, 6.45) is 10.1. The van der Waals surface area contributed by atoms with Crippen molar-refractivity contribution in [3.63, 3.8) is 0 Å². The predicted octanol–water partition coefficient (Wildman–Crippen LogP) is 0.920. The second kappa shape index (κ2) is 4.53. The molecule has 1 unspecified atom stereocenters. The van der Waals surface area contributed by atoms with Gasteiger partial charge in [-0.05, 0) is 25.8 Å². The topological polar surface area (TPSA) is 49.4 Å². The fourth-order valence-electron chi connectivity index (χ4n) is 2.74. The quantitative estimate of drug-likeness (QED) is 0.698. The molecule has 2 amide bonds. The first-order valence-electron chi connectivity index (χ1n) is 6.45. The molecule has 1 aliphatic carbocycles. The fraction of sp³-hybridized carbons (Fsp3) is 0.429. The number of piperidine rings is 1. The smallest absolute Gasteiger partial charge is 0.261 e. The molecular weight excluding hydrogens is 228 g/mol. The molecule has 3 rings (SSSR count). The van der Waals surface area contributed by atoms with Crippen LogP contribution in [0.4, 0.5) is 0 Å². The number of hydrogen-bond acceptors (Lipinski definition) is 3. The van der Waals surface area contributed by atoms with Gasteiger partial charge in [-0.1, -0.05) is 24.3 Å². The first kappa shape index (κ1) is 11.4. The molecule has 1 saturated heterocycles. The van der Waals surface area contributed by atoms with Crippen molar-refractivity contribution in [2.24, 2.45) is 0 Å². The van der Waals surface area contributed by atoms with E-state index in [-0.39, 0.29) is 17.9 Å². The Bertz CT molecular complexity index is 448. The van der Waals surface area contributed by atoms with E-state index in [9.17, 15) is 9.59 Å². The molecule has 0 aromatic heterocycles. The van der Waals surface area contributed by atoms with Gasteiger partial charge in [0, 0.05) is 6.54 Å². The molecule has 18 heavy (non-hydrogen) atoms. The van der Waals surface area contributed by atoms with Gasteiger partial charge in [0.05, 0.1) is 17.2 Å². The number of nitrogens with zero attached hydrogens (tertiary/aromatic N) is 1. The molecule has 0 saturated carbocycles. The highest BCUT2D eigenvalue weighted by Crippen LogP contribution is 2.28. The SMILES string of the molecule is O=C1C2=C(C=CCC=C2)C(=O)N1C1CCCNC1. The highest BCUT2D eigenvalue weighted by atomic mass is 16.2. The van der Waals surface area contributed by atoms with Crippen molar-refractivity contribution in [3.8, 4) is 0 Å². The van der Waals surface area contributed by atoms with Gasteiger partial charge in [0.2, 0.25) is 0 Å². The van der Waals surface area contributed by atoms with Crippen LogP contribution in [-0.2, 0) is 9.59 Å². The second-order valence-corrected chi connectivity index (χ2v) is 4.85. The molecule has 4 heteroatoms. The van der Waals surface area contributed by atoms with Gasteiger partial charge < -0.3 is 5.32 Å². The fourth-order valence-corrected chi connectivity index (χ4v) is 2.74. The molecule has 0 aromatic rings. The summed E-state index contributed by atoms with van der Waals surface area (Å²) >= 11 is 0. The summed E-state index contributed by atoms with van der Waals surface area (Å²) in [6, 6.07) is 0.00692. The van der Waals surface area contributed by atoms with E-state index in [4.69, 9.17) is 0 Å². The summed E-state index contributed by atoms with van der Waals surface area (Å²) in [5, 5.41) is 3.25. The number of allylic oxidation sites excluding steroid dienone is 2. The Morgan fingerprint density at radius 2 is 1.78 bits per heavy atom. The molecule has 0 aromatic carbocycles. The molecule has 0 bridgehead atoms. The minimum atomic E-state index is -0.133. The Morgan fingerprint density at radius 1 is 1.11 bits per heavy atom. The van der Waals surface area contributed by atoms with Crippen molar-refractivity contribution in [1.82, 2.24) is 10.2 Å². The standard InChI is InChI=1S/C14H16N2O2/c17-13-11-6-2-1-3-7-12(11)14(18)16(13)10-5-4-8-15-9-10/h2-3,6-7,10,15H,1,4-5,8-9H2. The average Bonchev–Trinajstić information content (AvgIpc) is 2.60. The largest absolute Gasteiger partial charge is 0.315 e. The molecular formula is C14H16N2O2. The predicted molar refractivity (Wildman–Crippen MR) is 67.7 cm³/mol. The van der Waals surface area contributed by atoms with Gasteiger partial charge in [-0.3, -0.25) is 14.5 Å². The number of amides is 2. The van der Waals surface area contributed by atoms with Crippen molar-refractivity contribution in [3.05, 3.63) is 35.5 Å². The molecule has 1 fully saturated rings. The zero-order valence-electron chi connectivity index (χ0n) is 10.2. The maximum atomic E-state index is 12.3. The van der Waals surface area contributed by atoms with E-state index in [0.717, 1.165) is 25.8 Å². The van der Waals surface area contributed by atoms with E-state index < -0.39 is 0 Å². The lowest BCUT2D eigenvalue weighted by Gasteiger charge is -2.30. The molecule has 1 N–H and O–H groups in total. The number of carbonyl (C=O) groups excluding carboxylic acids is 2. The van der Waals surface area contributed by atoms with Crippen LogP contribution in [-0.4, -0.2) is 35.8 Å². The van der Waals surface area contributed by atoms with Crippen LogP contribution >= 0.6 is 0 Å². The van der Waals surface area contributed by atoms with Crippen LogP contribution < -0.4 is 5.32 Å². The average molecular weight is 244 g/mol. The third-order valence-electron chi connectivity index (χ3n) is 3.67. The van der Waals surface area contributed by atoms with Gasteiger partial charge in [-0.25, -0.2) is 0 Å². The number of imide groups is 1. The van der Waals surface area contributed by atoms with Crippen LogP contribution in [0.2, 0.25) is 0 Å². The molecule has 4 nitrogen and oxygen atoms in total. The van der Waals surface area contributed by atoms with Gasteiger partial charge in [0.1, 0.15) is 0 Å². The molecule has 3 aliphatic rings. The van der Waals surface area contributed by atoms with Gasteiger partial charge in [0.25, 0.3) is 11.8 Å². The Morgan fingerprint density at radius 3 is 2.33 bits per heavy atom. The van der Waals surface area contributed by atoms with Crippen molar-refractivity contribution in [2.75, 3.05) is 13.1 Å². The molecule has 94 valence electrons. The highest BCUT2D eigenvalue weighted by molar-refractivity contribution is 6.22. The monoisotopic (exact) mass is 244 g/mol. The molecule has 0 radical (unpaired) electrons. The Kier molecular flexibility index (Phi) is 2.88. The molecule has 2 heterocycles. The first-order chi connectivity index (χ1) is 8.79. The van der Waals surface area contributed by atoms with Gasteiger partial charge in [-0.2, -0.15) is 0 Å². The first-order valence-corrected chi connectivity index (χ1v) is 6.45. The van der Waals surface area contributed by atoms with Crippen LogP contribution in [0.25, 0.3) is 0 Å². The number of nitrogens with one attached hydrogen (secondary N) is 1. The van der Waals surface area contributed by atoms with Gasteiger partial charge in [-0.15, -0.1) is 0 Å². The summed E-state index contributed by atoms with van der Waals surface area (Å²) in [5.41, 5.74) is 1.11. The number of rotatable bonds is 1. The van der Waals surface area contributed by atoms with E-state index in [0.29, 0.717) is 17.7 Å². The Balaban J connectivity index is 1.90. The molecule has 0 spiro atoms. The van der Waals surface area contributed by atoms with Crippen molar-refractivity contribution in [1.29, 1.82) is 0 Å². The lowest BCUT2D eigenvalue weighted by atomic mass is 10.1. The third-order valence-corrected chi connectivity index (χ3v) is 3.67. The van der Waals surface area contributed by atoms with E-state index >= 15 is 0 Å². The lowest BCUT2D eigenvalue weighted by molar-refractivity contribution is -0.140. The third kappa shape index (κ3) is 1.73. The summed E-state index contributed by atoms with van der Waals surface area (Å²) in [7, 11) is 0. The summed E-state index contributed by atoms with van der Waals surface area (Å²) in [4.78, 5) is 26.1. The van der Waals surface area contributed by atoms with Crippen LogP contribution in [0.15, 0.2) is 35.5 Å². The maximum Gasteiger partial charge on any atom is 0.261 e. The van der Waals surface area contributed by atoms with Crippen molar-refractivity contribution >= 4 is 11.8 Å². The van der Waals surface area contributed by atoms with Gasteiger partial charge in [0.15, 0.2) is 0 Å². The van der Waals surface area contributed by atoms with Crippen molar-refractivity contribution < 1.29 is 9.59 Å². The molecule has 2 aliphatic heterocycles. The van der Waals surface area contributed by atoms with E-state index in [1.165, 1.54) is 4.90 Å². The van der Waals surface area contributed by atoms with Crippen LogP contribution in [0.1, 0.15) is 19.3 Å². The minimum Gasteiger partial charge on any atom is -0.315 e. The van der Waals surface area contributed by atoms with E-state index in [2.05, 4.69) is 5.32 Å². The normalized spacial score (nSPS) is 27.8. The summed E-state index contributed by atoms with van der Waals surface area (Å²) < 4.78 is 0. The minimum absolute atomic E-state index is 0.00692. The lowest BCUT2D eigenvalue weighted by Crippen LogP contribution is -2.49. The Labute approximate surface area is 106 Å². The zero-order chi connectivity index (χ0) is 12.5. The van der Waals surface area contributed by atoms with E-state index in [1.54, 1.807) is 12.2 Å². The molecule has 1 atom stereocenters. The summed E-state index contributed by atoms with van der Waals surface area (Å²) in [5.74, 6) is -0.266. The Hall–Kier alpha value is -1.68. The van der Waals surface area contributed by atoms with Gasteiger partial charge >= 0.3 is 0 Å². The highest BCUT2D eigenvalue weighted by Gasteiger charge is 2.40. The van der Waals surface area contributed by atoms with Crippen LogP contribution in [0.5, 0.6) is 0 Å². The van der Waals surface area contributed by atoms with Crippen molar-refractivity contribution in [2.45, 2.75) is 25.3 Å². The number of hydrogen-bond donors (Lipinski definition) is 1. The maximum absolute atomic E-state index is 12.3. The summed E-state index contributed by atoms with van der Waals surface area (Å²) in [6.45, 7) is 1.69. The van der Waals surface area contributed by atoms with Crippen LogP contribution in [0, 0.1) is 0 Å². The number of carbonyl (C=O) groups is 2.